The number of amides is 1. The number of carbonyl (C=O) groups is 1. The van der Waals surface area contributed by atoms with Gasteiger partial charge in [0.1, 0.15) is 4.90 Å². The van der Waals surface area contributed by atoms with E-state index >= 15 is 0 Å². The van der Waals surface area contributed by atoms with Gasteiger partial charge in [0.25, 0.3) is 10.0 Å². The molecule has 0 aromatic heterocycles. The second kappa shape index (κ2) is 6.63. The molecule has 1 N–H and O–H groups in total. The zero-order valence-electron chi connectivity index (χ0n) is 13.6. The van der Waals surface area contributed by atoms with Crippen LogP contribution in [0.1, 0.15) is 18.1 Å². The van der Waals surface area contributed by atoms with Crippen LogP contribution >= 0.6 is 27.5 Å². The highest BCUT2D eigenvalue weighted by Gasteiger charge is 2.31. The molecule has 0 aliphatic carbocycles. The Morgan fingerprint density at radius 3 is 2.68 bits per heavy atom. The smallest absolute Gasteiger partial charge is 0.264 e. The van der Waals surface area contributed by atoms with Gasteiger partial charge in [-0.1, -0.05) is 33.6 Å². The highest BCUT2D eigenvalue weighted by Crippen LogP contribution is 2.38. The van der Waals surface area contributed by atoms with E-state index in [1.165, 1.54) is 17.9 Å². The summed E-state index contributed by atoms with van der Waals surface area (Å²) in [6.07, 6.45) is 0.618. The Morgan fingerprint density at radius 2 is 2.00 bits per heavy atom. The van der Waals surface area contributed by atoms with Crippen molar-refractivity contribution in [1.29, 1.82) is 0 Å². The number of sulfonamides is 1. The lowest BCUT2D eigenvalue weighted by molar-refractivity contribution is -0.116. The Morgan fingerprint density at radius 1 is 1.28 bits per heavy atom. The molecule has 5 nitrogen and oxygen atoms in total. The fourth-order valence-electron chi connectivity index (χ4n) is 2.89. The highest BCUT2D eigenvalue weighted by atomic mass is 79.9. The van der Waals surface area contributed by atoms with Crippen LogP contribution in [0.4, 0.5) is 11.4 Å². The van der Waals surface area contributed by atoms with Gasteiger partial charge in [-0.15, -0.1) is 0 Å². The number of benzene rings is 2. The lowest BCUT2D eigenvalue weighted by atomic mass is 10.2. The van der Waals surface area contributed by atoms with E-state index in [1.54, 1.807) is 25.1 Å². The lowest BCUT2D eigenvalue weighted by Crippen LogP contribution is -2.28. The molecule has 0 unspecified atom stereocenters. The van der Waals surface area contributed by atoms with E-state index in [0.717, 1.165) is 11.1 Å². The van der Waals surface area contributed by atoms with E-state index in [4.69, 9.17) is 11.6 Å². The lowest BCUT2D eigenvalue weighted by Gasteiger charge is -2.20. The van der Waals surface area contributed by atoms with Gasteiger partial charge in [0.2, 0.25) is 5.91 Å². The molecule has 0 fully saturated rings. The van der Waals surface area contributed by atoms with Crippen LogP contribution in [0.25, 0.3) is 0 Å². The van der Waals surface area contributed by atoms with E-state index < -0.39 is 10.0 Å². The number of carbonyl (C=O) groups excluding carboxylic acids is 1. The van der Waals surface area contributed by atoms with Gasteiger partial charge >= 0.3 is 0 Å². The van der Waals surface area contributed by atoms with E-state index in [0.29, 0.717) is 33.8 Å². The maximum Gasteiger partial charge on any atom is 0.264 e. The van der Waals surface area contributed by atoms with Crippen molar-refractivity contribution >= 4 is 54.8 Å². The predicted octanol–water partition coefficient (Wildman–Crippen LogP) is 4.12. The Hall–Kier alpha value is -1.57. The molecule has 1 amide bonds. The zero-order valence-corrected chi connectivity index (χ0v) is 16.8. The van der Waals surface area contributed by atoms with Crippen molar-refractivity contribution < 1.29 is 13.2 Å². The maximum atomic E-state index is 13.0. The summed E-state index contributed by atoms with van der Waals surface area (Å²) >= 11 is 9.34. The number of rotatable bonds is 3. The number of hydrogen-bond acceptors (Lipinski definition) is 3. The molecule has 2 aromatic carbocycles. The van der Waals surface area contributed by atoms with Crippen LogP contribution in [0.2, 0.25) is 5.02 Å². The molecule has 0 radical (unpaired) electrons. The summed E-state index contributed by atoms with van der Waals surface area (Å²) in [6.45, 7) is 3.70. The van der Waals surface area contributed by atoms with Crippen LogP contribution in [-0.4, -0.2) is 20.9 Å². The molecule has 132 valence electrons. The summed E-state index contributed by atoms with van der Waals surface area (Å²) in [7, 11) is -3.90. The molecular formula is C17H16BrClN2O3S. The van der Waals surface area contributed by atoms with Crippen molar-refractivity contribution in [3.8, 4) is 0 Å². The van der Waals surface area contributed by atoms with Crippen LogP contribution in [0.15, 0.2) is 39.7 Å². The minimum Gasteiger partial charge on any atom is -0.311 e. The van der Waals surface area contributed by atoms with Gasteiger partial charge in [-0.2, -0.15) is 0 Å². The largest absolute Gasteiger partial charge is 0.311 e. The van der Waals surface area contributed by atoms with Gasteiger partial charge < -0.3 is 4.90 Å². The fraction of sp³-hybridized carbons (Fsp3) is 0.235. The molecule has 0 bridgehead atoms. The summed E-state index contributed by atoms with van der Waals surface area (Å²) < 4.78 is 29.3. The van der Waals surface area contributed by atoms with Crippen LogP contribution in [0.3, 0.4) is 0 Å². The normalized spacial score (nSPS) is 13.7. The number of anilines is 2. The average Bonchev–Trinajstić information content (AvgIpc) is 2.93. The number of nitrogens with one attached hydrogen (secondary N) is 1. The molecule has 3 rings (SSSR count). The number of nitrogens with zero attached hydrogens (tertiary/aromatic N) is 1. The summed E-state index contributed by atoms with van der Waals surface area (Å²) in [5, 5.41) is 0.438. The summed E-state index contributed by atoms with van der Waals surface area (Å²) in [4.78, 5) is 13.5. The van der Waals surface area contributed by atoms with Crippen molar-refractivity contribution in [3.05, 3.63) is 51.0 Å². The SMILES string of the molecule is CC(=O)N1CCc2cc(Br)cc(S(=O)(=O)Nc3cc(Cl)ccc3C)c21. The van der Waals surface area contributed by atoms with Crippen molar-refractivity contribution in [2.24, 2.45) is 0 Å². The standard InChI is InChI=1S/C17H16BrClN2O3S/c1-10-3-4-14(19)9-15(10)20-25(23,24)16-8-13(18)7-12-5-6-21(11(2)22)17(12)16/h3-4,7-9,20H,5-6H2,1-2H3. The predicted molar refractivity (Wildman–Crippen MR) is 103 cm³/mol. The van der Waals surface area contributed by atoms with Gasteiger partial charge in [0.15, 0.2) is 0 Å². The molecule has 0 saturated carbocycles. The minimum absolute atomic E-state index is 0.0731. The molecule has 1 aliphatic heterocycles. The number of aryl methyl sites for hydroxylation is 1. The number of halogens is 2. The van der Waals surface area contributed by atoms with Gasteiger partial charge in [-0.05, 0) is 48.7 Å². The fourth-order valence-corrected chi connectivity index (χ4v) is 5.12. The molecule has 0 saturated heterocycles. The third-order valence-corrected chi connectivity index (χ3v) is 6.18. The Balaban J connectivity index is 2.12. The Kier molecular flexibility index (Phi) is 4.83. The first-order valence-corrected chi connectivity index (χ1v) is 10.2. The molecule has 1 aliphatic rings. The van der Waals surface area contributed by atoms with Gasteiger partial charge in [-0.3, -0.25) is 9.52 Å². The zero-order chi connectivity index (χ0) is 18.4. The topological polar surface area (TPSA) is 66.5 Å². The van der Waals surface area contributed by atoms with Crippen LogP contribution in [0, 0.1) is 6.92 Å². The van der Waals surface area contributed by atoms with E-state index in [9.17, 15) is 13.2 Å². The molecule has 0 spiro atoms. The first-order valence-electron chi connectivity index (χ1n) is 7.58. The molecule has 1 heterocycles. The molecule has 0 atom stereocenters. The molecule has 8 heteroatoms. The summed E-state index contributed by atoms with van der Waals surface area (Å²) in [5.41, 5.74) is 2.44. The molecule has 25 heavy (non-hydrogen) atoms. The van der Waals surface area contributed by atoms with Gasteiger partial charge in [0, 0.05) is 23.0 Å². The van der Waals surface area contributed by atoms with E-state index in [2.05, 4.69) is 20.7 Å². The van der Waals surface area contributed by atoms with Crippen molar-refractivity contribution in [2.75, 3.05) is 16.2 Å². The summed E-state index contributed by atoms with van der Waals surface area (Å²) in [6, 6.07) is 8.37. The molecular weight excluding hydrogens is 428 g/mol. The average molecular weight is 444 g/mol. The van der Waals surface area contributed by atoms with Crippen LogP contribution in [0.5, 0.6) is 0 Å². The van der Waals surface area contributed by atoms with Crippen molar-refractivity contribution in [2.45, 2.75) is 25.2 Å². The Bertz CT molecular complexity index is 976. The van der Waals surface area contributed by atoms with Crippen molar-refractivity contribution in [1.82, 2.24) is 0 Å². The first-order chi connectivity index (χ1) is 11.7. The molecule has 2 aromatic rings. The minimum atomic E-state index is -3.90. The summed E-state index contributed by atoms with van der Waals surface area (Å²) in [5.74, 6) is -0.184. The van der Waals surface area contributed by atoms with E-state index in [1.807, 2.05) is 6.07 Å². The number of hydrogen-bond donors (Lipinski definition) is 1. The quantitative estimate of drug-likeness (QED) is 0.776. The monoisotopic (exact) mass is 442 g/mol. The second-order valence-corrected chi connectivity index (χ2v) is 8.90. The third kappa shape index (κ3) is 3.54. The maximum absolute atomic E-state index is 13.0. The van der Waals surface area contributed by atoms with Gasteiger partial charge in [-0.25, -0.2) is 8.42 Å². The highest BCUT2D eigenvalue weighted by molar-refractivity contribution is 9.10. The first kappa shape index (κ1) is 18.2. The van der Waals surface area contributed by atoms with Gasteiger partial charge in [0.05, 0.1) is 11.4 Å². The Labute approximate surface area is 160 Å². The van der Waals surface area contributed by atoms with Crippen LogP contribution < -0.4 is 9.62 Å². The van der Waals surface area contributed by atoms with E-state index in [-0.39, 0.29) is 10.8 Å². The third-order valence-electron chi connectivity index (χ3n) is 4.11. The second-order valence-electron chi connectivity index (χ2n) is 5.90. The van der Waals surface area contributed by atoms with Crippen LogP contribution in [-0.2, 0) is 21.2 Å². The number of fused-ring (bicyclic) bond motifs is 1. The van der Waals surface area contributed by atoms with Crippen molar-refractivity contribution in [3.63, 3.8) is 0 Å².